The van der Waals surface area contributed by atoms with E-state index in [4.69, 9.17) is 3.07 Å². The molecule has 0 unspecified atom stereocenters. The summed E-state index contributed by atoms with van der Waals surface area (Å²) in [5, 5.41) is 0. The van der Waals surface area contributed by atoms with Gasteiger partial charge in [0.15, 0.2) is 0 Å². The first kappa shape index (κ1) is 16.0. The summed E-state index contributed by atoms with van der Waals surface area (Å²) in [6, 6.07) is 16.2. The van der Waals surface area contributed by atoms with Gasteiger partial charge in [-0.2, -0.15) is 0 Å². The van der Waals surface area contributed by atoms with Gasteiger partial charge >= 0.3 is 141 Å². The molecule has 0 aromatic heterocycles. The van der Waals surface area contributed by atoms with E-state index in [0.717, 1.165) is 16.1 Å². The zero-order valence-corrected chi connectivity index (χ0v) is 17.2. The molecule has 0 amide bonds. The second-order valence-electron chi connectivity index (χ2n) is 4.64. The maximum absolute atomic E-state index is 11.6. The number of carbonyl (C=O) groups is 1. The summed E-state index contributed by atoms with van der Waals surface area (Å²) < 4.78 is 10.2. The first-order valence-corrected chi connectivity index (χ1v) is 14.6. The molecular weight excluding hydrogens is 491 g/mol. The third kappa shape index (κ3) is 3.65. The molecule has 0 aliphatic heterocycles. The van der Waals surface area contributed by atoms with Crippen molar-refractivity contribution < 1.29 is 7.87 Å². The molecule has 2 aromatic rings. The number of hydrogen-bond donors (Lipinski definition) is 0. The van der Waals surface area contributed by atoms with Gasteiger partial charge in [0, 0.05) is 0 Å². The minimum absolute atomic E-state index is 0.214. The zero-order chi connectivity index (χ0) is 14.8. The molecule has 0 heterocycles. The standard InChI is InChI=1S/2C6H4Br.C2H4O2.CH3.Sn/c2*7-6-4-2-1-3-5-6;1-2(3)4;;/h2*2-5H;1H3,(H,3,4);1H3;/q;;;;+1/p-1. The Morgan fingerprint density at radius 2 is 1.25 bits per heavy atom. The summed E-state index contributed by atoms with van der Waals surface area (Å²) in [7, 11) is 0. The van der Waals surface area contributed by atoms with Gasteiger partial charge in [-0.3, -0.25) is 0 Å². The summed E-state index contributed by atoms with van der Waals surface area (Å²) in [5.74, 6) is -0.214. The van der Waals surface area contributed by atoms with Crippen LogP contribution in [0.3, 0.4) is 0 Å². The quantitative estimate of drug-likeness (QED) is 0.599. The summed E-state index contributed by atoms with van der Waals surface area (Å²) in [6.07, 6.45) is 0. The van der Waals surface area contributed by atoms with E-state index in [1.165, 1.54) is 6.92 Å². The van der Waals surface area contributed by atoms with Gasteiger partial charge in [-0.05, 0) is 0 Å². The fourth-order valence-electron chi connectivity index (χ4n) is 2.11. The monoisotopic (exact) mass is 504 g/mol. The molecule has 104 valence electrons. The Labute approximate surface area is 140 Å². The molecule has 20 heavy (non-hydrogen) atoms. The molecule has 2 rings (SSSR count). The SMILES string of the molecule is CC(=O)[O][Sn]([CH3])([c]1ccc(Br)cc1)[c]1ccc(Br)cc1. The van der Waals surface area contributed by atoms with Crippen molar-refractivity contribution in [3.63, 3.8) is 0 Å². The number of halogens is 2. The Kier molecular flexibility index (Phi) is 5.31. The van der Waals surface area contributed by atoms with Crippen LogP contribution in [-0.4, -0.2) is 24.8 Å². The van der Waals surface area contributed by atoms with Crippen molar-refractivity contribution in [1.29, 1.82) is 0 Å². The Morgan fingerprint density at radius 1 is 0.900 bits per heavy atom. The van der Waals surface area contributed by atoms with Crippen LogP contribution in [0.15, 0.2) is 57.5 Å². The van der Waals surface area contributed by atoms with Gasteiger partial charge in [0.25, 0.3) is 0 Å². The molecule has 0 radical (unpaired) electrons. The maximum atomic E-state index is 11.6. The fraction of sp³-hybridized carbons (Fsp3) is 0.133. The molecular formula is C15H14Br2O2Sn. The summed E-state index contributed by atoms with van der Waals surface area (Å²) in [6.45, 7) is 1.48. The molecule has 0 atom stereocenters. The Morgan fingerprint density at radius 3 is 1.55 bits per heavy atom. The second kappa shape index (κ2) is 6.62. The van der Waals surface area contributed by atoms with Crippen molar-refractivity contribution in [2.24, 2.45) is 0 Å². The van der Waals surface area contributed by atoms with E-state index in [1.807, 2.05) is 48.5 Å². The van der Waals surface area contributed by atoms with Crippen molar-refractivity contribution >= 4 is 63.8 Å². The van der Waals surface area contributed by atoms with Gasteiger partial charge in [-0.1, -0.05) is 0 Å². The Bertz CT molecular complexity index is 563. The molecule has 0 saturated carbocycles. The topological polar surface area (TPSA) is 26.3 Å². The predicted octanol–water partition coefficient (Wildman–Crippen LogP) is 3.46. The van der Waals surface area contributed by atoms with Crippen LogP contribution in [0.4, 0.5) is 0 Å². The molecule has 2 aromatic carbocycles. The van der Waals surface area contributed by atoms with Crippen molar-refractivity contribution in [3.05, 3.63) is 57.5 Å². The van der Waals surface area contributed by atoms with Gasteiger partial charge in [0.2, 0.25) is 0 Å². The van der Waals surface area contributed by atoms with E-state index in [9.17, 15) is 4.79 Å². The van der Waals surface area contributed by atoms with Crippen molar-refractivity contribution in [1.82, 2.24) is 0 Å². The molecule has 5 heteroatoms. The second-order valence-corrected chi connectivity index (χ2v) is 16.2. The molecule has 2 nitrogen and oxygen atoms in total. The van der Waals surface area contributed by atoms with Crippen molar-refractivity contribution in [3.8, 4) is 0 Å². The average molecular weight is 505 g/mol. The van der Waals surface area contributed by atoms with Gasteiger partial charge in [0.05, 0.1) is 0 Å². The summed E-state index contributed by atoms with van der Waals surface area (Å²) in [5.41, 5.74) is 0. The van der Waals surface area contributed by atoms with E-state index in [2.05, 4.69) is 36.8 Å². The number of carbonyl (C=O) groups excluding carboxylic acids is 1. The van der Waals surface area contributed by atoms with Crippen LogP contribution in [-0.2, 0) is 7.87 Å². The molecule has 0 fully saturated rings. The first-order valence-electron chi connectivity index (χ1n) is 6.13. The summed E-state index contributed by atoms with van der Waals surface area (Å²) in [4.78, 5) is 13.7. The third-order valence-electron chi connectivity index (χ3n) is 3.14. The molecule has 0 aliphatic rings. The van der Waals surface area contributed by atoms with Crippen LogP contribution in [0.2, 0.25) is 4.94 Å². The molecule has 0 N–H and O–H groups in total. The normalized spacial score (nSPS) is 11.2. The predicted molar refractivity (Wildman–Crippen MR) is 90.9 cm³/mol. The summed E-state index contributed by atoms with van der Waals surface area (Å²) >= 11 is 3.50. The van der Waals surface area contributed by atoms with Crippen molar-refractivity contribution in [2.45, 2.75) is 11.9 Å². The minimum atomic E-state index is -3.37. The van der Waals surface area contributed by atoms with Crippen LogP contribution >= 0.6 is 31.9 Å². The molecule has 0 bridgehead atoms. The van der Waals surface area contributed by atoms with Crippen LogP contribution in [0, 0.1) is 0 Å². The Balaban J connectivity index is 2.52. The van der Waals surface area contributed by atoms with E-state index < -0.39 is 18.8 Å². The van der Waals surface area contributed by atoms with Gasteiger partial charge < -0.3 is 0 Å². The van der Waals surface area contributed by atoms with Crippen LogP contribution < -0.4 is 7.16 Å². The fourth-order valence-corrected chi connectivity index (χ4v) is 10.5. The van der Waals surface area contributed by atoms with E-state index in [1.54, 1.807) is 0 Å². The first-order chi connectivity index (χ1) is 9.41. The van der Waals surface area contributed by atoms with Gasteiger partial charge in [-0.25, -0.2) is 0 Å². The Hall–Kier alpha value is -0.331. The number of benzene rings is 2. The molecule has 0 saturated heterocycles. The van der Waals surface area contributed by atoms with Crippen LogP contribution in [0.25, 0.3) is 0 Å². The zero-order valence-electron chi connectivity index (χ0n) is 11.2. The van der Waals surface area contributed by atoms with Crippen LogP contribution in [0.1, 0.15) is 6.92 Å². The van der Waals surface area contributed by atoms with Crippen molar-refractivity contribution in [2.75, 3.05) is 0 Å². The van der Waals surface area contributed by atoms with E-state index >= 15 is 0 Å². The average Bonchev–Trinajstić information content (AvgIpc) is 2.39. The third-order valence-corrected chi connectivity index (χ3v) is 14.4. The van der Waals surface area contributed by atoms with Gasteiger partial charge in [0.1, 0.15) is 0 Å². The molecule has 0 aliphatic carbocycles. The number of hydrogen-bond acceptors (Lipinski definition) is 2. The van der Waals surface area contributed by atoms with E-state index in [0.29, 0.717) is 0 Å². The van der Waals surface area contributed by atoms with Crippen LogP contribution in [0.5, 0.6) is 0 Å². The van der Waals surface area contributed by atoms with Gasteiger partial charge in [-0.15, -0.1) is 0 Å². The number of rotatable bonds is 3. The van der Waals surface area contributed by atoms with E-state index in [-0.39, 0.29) is 5.97 Å². The molecule has 0 spiro atoms.